The van der Waals surface area contributed by atoms with Gasteiger partial charge in [-0.15, -0.1) is 0 Å². The molecule has 0 saturated carbocycles. The largest absolute Gasteiger partial charge is 0.375 e. The van der Waals surface area contributed by atoms with Gasteiger partial charge in [0.1, 0.15) is 0 Å². The molecule has 0 N–H and O–H groups in total. The van der Waals surface area contributed by atoms with Crippen LogP contribution in [0.2, 0.25) is 0 Å². The first-order valence-electron chi connectivity index (χ1n) is 6.23. The molecule has 2 aliphatic rings. The van der Waals surface area contributed by atoms with Gasteiger partial charge >= 0.3 is 0 Å². The minimum Gasteiger partial charge on any atom is -0.375 e. The van der Waals surface area contributed by atoms with E-state index >= 15 is 0 Å². The van der Waals surface area contributed by atoms with Crippen LogP contribution in [0.25, 0.3) is 0 Å². The van der Waals surface area contributed by atoms with Crippen molar-refractivity contribution in [2.45, 2.75) is 19.3 Å². The second kappa shape index (κ2) is 5.21. The van der Waals surface area contributed by atoms with E-state index in [0.717, 1.165) is 43.6 Å². The van der Waals surface area contributed by atoms with Crippen LogP contribution in [-0.4, -0.2) is 42.4 Å². The average molecular weight is 232 g/mol. The van der Waals surface area contributed by atoms with Gasteiger partial charge in [0.2, 0.25) is 0 Å². The molecule has 17 heavy (non-hydrogen) atoms. The Balaban J connectivity index is 2.04. The number of nitrogens with zero attached hydrogens (tertiary/aromatic N) is 2. The number of carbonyl (C=O) groups is 1. The van der Waals surface area contributed by atoms with Crippen molar-refractivity contribution in [1.29, 1.82) is 0 Å². The first kappa shape index (κ1) is 12.0. The Kier molecular flexibility index (Phi) is 3.67. The van der Waals surface area contributed by atoms with Gasteiger partial charge in [0.25, 0.3) is 5.91 Å². The lowest BCUT2D eigenvalue weighted by Gasteiger charge is -2.35. The van der Waals surface area contributed by atoms with Crippen LogP contribution in [-0.2, 0) is 4.79 Å². The Bertz CT molecular complexity index is 382. The number of piperazine rings is 1. The highest BCUT2D eigenvalue weighted by Crippen LogP contribution is 2.16. The number of hydrogen-bond acceptors (Lipinski definition) is 2. The maximum absolute atomic E-state index is 12.3. The quantitative estimate of drug-likeness (QED) is 0.690. The number of amides is 1. The SMILES string of the molecule is C=C1CN(C(=O)C2=CCCCC=C2)CCN1C. The fraction of sp³-hybridized carbons (Fsp3) is 0.500. The average Bonchev–Trinajstić information content (AvgIpc) is 2.60. The van der Waals surface area contributed by atoms with Crippen LogP contribution in [0.3, 0.4) is 0 Å². The van der Waals surface area contributed by atoms with Gasteiger partial charge < -0.3 is 9.80 Å². The summed E-state index contributed by atoms with van der Waals surface area (Å²) in [5.74, 6) is 0.150. The summed E-state index contributed by atoms with van der Waals surface area (Å²) in [5, 5.41) is 0. The van der Waals surface area contributed by atoms with Crippen molar-refractivity contribution in [2.24, 2.45) is 0 Å². The summed E-state index contributed by atoms with van der Waals surface area (Å²) in [4.78, 5) is 16.3. The molecule has 1 fully saturated rings. The smallest absolute Gasteiger partial charge is 0.253 e. The van der Waals surface area contributed by atoms with Crippen molar-refractivity contribution in [1.82, 2.24) is 9.80 Å². The number of carbonyl (C=O) groups excluding carboxylic acids is 1. The van der Waals surface area contributed by atoms with E-state index in [0.29, 0.717) is 6.54 Å². The zero-order chi connectivity index (χ0) is 12.3. The lowest BCUT2D eigenvalue weighted by atomic mass is 10.1. The van der Waals surface area contributed by atoms with Gasteiger partial charge in [-0.2, -0.15) is 0 Å². The summed E-state index contributed by atoms with van der Waals surface area (Å²) in [6.07, 6.45) is 9.35. The van der Waals surface area contributed by atoms with Crippen LogP contribution < -0.4 is 0 Å². The van der Waals surface area contributed by atoms with Gasteiger partial charge in [0.05, 0.1) is 6.54 Å². The molecule has 0 atom stereocenters. The molecule has 1 aliphatic heterocycles. The lowest BCUT2D eigenvalue weighted by Crippen LogP contribution is -2.45. The molecule has 1 saturated heterocycles. The van der Waals surface area contributed by atoms with Gasteiger partial charge in [-0.1, -0.05) is 24.8 Å². The van der Waals surface area contributed by atoms with Crippen molar-refractivity contribution in [2.75, 3.05) is 26.7 Å². The van der Waals surface area contributed by atoms with E-state index < -0.39 is 0 Å². The van der Waals surface area contributed by atoms with Crippen molar-refractivity contribution in [3.8, 4) is 0 Å². The van der Waals surface area contributed by atoms with Crippen molar-refractivity contribution < 1.29 is 4.79 Å². The minimum atomic E-state index is 0.150. The molecule has 0 radical (unpaired) electrons. The number of allylic oxidation sites excluding steroid dienone is 2. The molecular formula is C14H20N2O. The molecule has 0 aromatic carbocycles. The van der Waals surface area contributed by atoms with Gasteiger partial charge in [-0.3, -0.25) is 4.79 Å². The highest BCUT2D eigenvalue weighted by Gasteiger charge is 2.22. The molecule has 0 bridgehead atoms. The zero-order valence-electron chi connectivity index (χ0n) is 10.5. The molecule has 3 nitrogen and oxygen atoms in total. The Hall–Kier alpha value is -1.51. The lowest BCUT2D eigenvalue weighted by molar-refractivity contribution is -0.127. The summed E-state index contributed by atoms with van der Waals surface area (Å²) < 4.78 is 0. The summed E-state index contributed by atoms with van der Waals surface area (Å²) >= 11 is 0. The molecule has 0 spiro atoms. The number of hydrogen-bond donors (Lipinski definition) is 0. The molecule has 1 aliphatic carbocycles. The van der Waals surface area contributed by atoms with E-state index in [9.17, 15) is 4.79 Å². The van der Waals surface area contributed by atoms with E-state index in [1.807, 2.05) is 18.0 Å². The first-order valence-corrected chi connectivity index (χ1v) is 6.23. The fourth-order valence-corrected chi connectivity index (χ4v) is 2.14. The molecule has 92 valence electrons. The highest BCUT2D eigenvalue weighted by atomic mass is 16.2. The van der Waals surface area contributed by atoms with E-state index in [-0.39, 0.29) is 5.91 Å². The second-order valence-electron chi connectivity index (χ2n) is 4.71. The van der Waals surface area contributed by atoms with Crippen molar-refractivity contribution in [3.63, 3.8) is 0 Å². The predicted molar refractivity (Wildman–Crippen MR) is 69.4 cm³/mol. The van der Waals surface area contributed by atoms with Crippen LogP contribution in [0.5, 0.6) is 0 Å². The maximum atomic E-state index is 12.3. The Morgan fingerprint density at radius 1 is 1.35 bits per heavy atom. The summed E-state index contributed by atoms with van der Waals surface area (Å²) in [6, 6.07) is 0. The van der Waals surface area contributed by atoms with Crippen molar-refractivity contribution in [3.05, 3.63) is 36.1 Å². The van der Waals surface area contributed by atoms with Crippen LogP contribution in [0.15, 0.2) is 36.1 Å². The zero-order valence-corrected chi connectivity index (χ0v) is 10.5. The highest BCUT2D eigenvalue weighted by molar-refractivity contribution is 5.96. The molecule has 3 heteroatoms. The molecule has 1 heterocycles. The van der Waals surface area contributed by atoms with E-state index in [2.05, 4.69) is 23.6 Å². The standard InChI is InChI=1S/C14H20N2O/c1-12-11-16(10-9-15(12)2)14(17)13-7-5-3-4-6-8-13/h5,7-8H,1,3-4,6,9-11H2,2H3. The third-order valence-electron chi connectivity index (χ3n) is 3.39. The fourth-order valence-electron chi connectivity index (χ4n) is 2.14. The first-order chi connectivity index (χ1) is 8.18. The molecule has 0 aromatic heterocycles. The van der Waals surface area contributed by atoms with Gasteiger partial charge in [-0.05, 0) is 19.3 Å². The monoisotopic (exact) mass is 232 g/mol. The Morgan fingerprint density at radius 2 is 2.18 bits per heavy atom. The maximum Gasteiger partial charge on any atom is 0.253 e. The Labute approximate surface area is 103 Å². The Morgan fingerprint density at radius 3 is 2.94 bits per heavy atom. The van der Waals surface area contributed by atoms with E-state index in [4.69, 9.17) is 0 Å². The third-order valence-corrected chi connectivity index (χ3v) is 3.39. The van der Waals surface area contributed by atoms with Gasteiger partial charge in [-0.25, -0.2) is 0 Å². The summed E-state index contributed by atoms with van der Waals surface area (Å²) in [5.41, 5.74) is 1.86. The summed E-state index contributed by atoms with van der Waals surface area (Å²) in [7, 11) is 2.02. The normalized spacial score (nSPS) is 21.2. The number of likely N-dealkylation sites (N-methyl/N-ethyl adjacent to an activating group) is 1. The van der Waals surface area contributed by atoms with Crippen LogP contribution in [0.4, 0.5) is 0 Å². The van der Waals surface area contributed by atoms with Crippen molar-refractivity contribution >= 4 is 5.91 Å². The van der Waals surface area contributed by atoms with E-state index in [1.54, 1.807) is 0 Å². The van der Waals surface area contributed by atoms with Gasteiger partial charge in [0, 0.05) is 31.4 Å². The number of rotatable bonds is 1. The molecule has 1 amide bonds. The topological polar surface area (TPSA) is 23.6 Å². The van der Waals surface area contributed by atoms with Crippen LogP contribution in [0, 0.1) is 0 Å². The van der Waals surface area contributed by atoms with Crippen LogP contribution >= 0.6 is 0 Å². The molecule has 0 unspecified atom stereocenters. The summed E-state index contributed by atoms with van der Waals surface area (Å²) in [6.45, 7) is 6.31. The molecule has 0 aromatic rings. The predicted octanol–water partition coefficient (Wildman–Crippen LogP) is 1.94. The minimum absolute atomic E-state index is 0.150. The molecule has 2 rings (SSSR count). The van der Waals surface area contributed by atoms with E-state index in [1.165, 1.54) is 0 Å². The molecular weight excluding hydrogens is 212 g/mol. The second-order valence-corrected chi connectivity index (χ2v) is 4.71. The van der Waals surface area contributed by atoms with Gasteiger partial charge in [0.15, 0.2) is 0 Å². The third kappa shape index (κ3) is 2.78. The van der Waals surface area contributed by atoms with Crippen LogP contribution in [0.1, 0.15) is 19.3 Å².